The third-order valence-corrected chi connectivity index (χ3v) is 2.82. The third-order valence-electron chi connectivity index (χ3n) is 2.82. The Balaban J connectivity index is 2.64. The molecule has 1 aliphatic carbocycles. The number of aliphatic hydroxyl groups is 1. The molecule has 1 aliphatic rings. The van der Waals surface area contributed by atoms with Gasteiger partial charge in [-0.05, 0) is 19.3 Å². The Kier molecular flexibility index (Phi) is 2.68. The standard InChI is InChI=1S/C9H17NO/c1-2-5-9(7-10)6-3-4-8(9)11/h2,8,11H,1,3-7,10H2. The molecule has 64 valence electrons. The van der Waals surface area contributed by atoms with Gasteiger partial charge in [-0.15, -0.1) is 6.58 Å². The van der Waals surface area contributed by atoms with E-state index in [0.29, 0.717) is 6.54 Å². The molecular formula is C9H17NO. The summed E-state index contributed by atoms with van der Waals surface area (Å²) in [4.78, 5) is 0. The molecule has 0 bridgehead atoms. The summed E-state index contributed by atoms with van der Waals surface area (Å²) in [5.41, 5.74) is 5.60. The van der Waals surface area contributed by atoms with Crippen LogP contribution in [0.2, 0.25) is 0 Å². The van der Waals surface area contributed by atoms with Gasteiger partial charge in [-0.3, -0.25) is 0 Å². The maximum absolute atomic E-state index is 9.64. The highest BCUT2D eigenvalue weighted by atomic mass is 16.3. The van der Waals surface area contributed by atoms with E-state index in [1.807, 2.05) is 6.08 Å². The molecule has 0 aromatic heterocycles. The van der Waals surface area contributed by atoms with E-state index >= 15 is 0 Å². The predicted molar refractivity (Wildman–Crippen MR) is 46.2 cm³/mol. The van der Waals surface area contributed by atoms with Gasteiger partial charge >= 0.3 is 0 Å². The first-order valence-electron chi connectivity index (χ1n) is 4.24. The fourth-order valence-electron chi connectivity index (χ4n) is 1.97. The fourth-order valence-corrected chi connectivity index (χ4v) is 1.97. The number of aliphatic hydroxyl groups excluding tert-OH is 1. The van der Waals surface area contributed by atoms with Crippen molar-refractivity contribution in [2.24, 2.45) is 11.1 Å². The minimum absolute atomic E-state index is 0.0399. The Hall–Kier alpha value is -0.340. The van der Waals surface area contributed by atoms with Crippen LogP contribution in [0.1, 0.15) is 25.7 Å². The van der Waals surface area contributed by atoms with Gasteiger partial charge in [0.1, 0.15) is 0 Å². The van der Waals surface area contributed by atoms with Gasteiger partial charge in [0, 0.05) is 12.0 Å². The van der Waals surface area contributed by atoms with Gasteiger partial charge in [0.05, 0.1) is 6.10 Å². The van der Waals surface area contributed by atoms with E-state index in [4.69, 9.17) is 5.73 Å². The number of nitrogens with two attached hydrogens (primary N) is 1. The number of hydrogen-bond acceptors (Lipinski definition) is 2. The molecule has 0 heterocycles. The van der Waals surface area contributed by atoms with E-state index < -0.39 is 0 Å². The topological polar surface area (TPSA) is 46.2 Å². The summed E-state index contributed by atoms with van der Waals surface area (Å²) in [6.45, 7) is 4.27. The van der Waals surface area contributed by atoms with Gasteiger partial charge in [-0.25, -0.2) is 0 Å². The summed E-state index contributed by atoms with van der Waals surface area (Å²) < 4.78 is 0. The Bertz CT molecular complexity index is 146. The van der Waals surface area contributed by atoms with Crippen LogP contribution >= 0.6 is 0 Å². The van der Waals surface area contributed by atoms with Gasteiger partial charge in [0.15, 0.2) is 0 Å². The fraction of sp³-hybridized carbons (Fsp3) is 0.778. The monoisotopic (exact) mass is 155 g/mol. The van der Waals surface area contributed by atoms with E-state index in [1.165, 1.54) is 0 Å². The zero-order chi connectivity index (χ0) is 8.32. The number of hydrogen-bond donors (Lipinski definition) is 2. The Labute approximate surface area is 68.1 Å². The second kappa shape index (κ2) is 3.37. The van der Waals surface area contributed by atoms with Crippen LogP contribution in [-0.4, -0.2) is 17.8 Å². The van der Waals surface area contributed by atoms with E-state index in [2.05, 4.69) is 6.58 Å². The third kappa shape index (κ3) is 1.47. The second-order valence-corrected chi connectivity index (χ2v) is 3.47. The van der Waals surface area contributed by atoms with Crippen LogP contribution in [0, 0.1) is 5.41 Å². The largest absolute Gasteiger partial charge is 0.392 e. The lowest BCUT2D eigenvalue weighted by Crippen LogP contribution is -2.37. The molecule has 0 saturated heterocycles. The smallest absolute Gasteiger partial charge is 0.0611 e. The average molecular weight is 155 g/mol. The molecule has 1 rings (SSSR count). The minimum atomic E-state index is -0.203. The zero-order valence-electron chi connectivity index (χ0n) is 6.92. The molecule has 0 aromatic carbocycles. The molecule has 0 spiro atoms. The number of rotatable bonds is 3. The summed E-state index contributed by atoms with van der Waals surface area (Å²) >= 11 is 0. The maximum Gasteiger partial charge on any atom is 0.0611 e. The van der Waals surface area contributed by atoms with E-state index in [-0.39, 0.29) is 11.5 Å². The van der Waals surface area contributed by atoms with Crippen LogP contribution in [-0.2, 0) is 0 Å². The second-order valence-electron chi connectivity index (χ2n) is 3.47. The molecule has 11 heavy (non-hydrogen) atoms. The van der Waals surface area contributed by atoms with E-state index in [1.54, 1.807) is 0 Å². The van der Waals surface area contributed by atoms with Crippen molar-refractivity contribution in [2.45, 2.75) is 31.8 Å². The highest BCUT2D eigenvalue weighted by molar-refractivity contribution is 4.96. The van der Waals surface area contributed by atoms with Crippen molar-refractivity contribution in [3.05, 3.63) is 12.7 Å². The van der Waals surface area contributed by atoms with Crippen LogP contribution in [0.25, 0.3) is 0 Å². The first-order chi connectivity index (χ1) is 5.25. The molecule has 3 N–H and O–H groups in total. The zero-order valence-corrected chi connectivity index (χ0v) is 6.92. The van der Waals surface area contributed by atoms with Crippen LogP contribution in [0.3, 0.4) is 0 Å². The van der Waals surface area contributed by atoms with Gasteiger partial charge < -0.3 is 10.8 Å². The molecule has 0 radical (unpaired) electrons. The quantitative estimate of drug-likeness (QED) is 0.598. The lowest BCUT2D eigenvalue weighted by molar-refractivity contribution is 0.0609. The highest BCUT2D eigenvalue weighted by Gasteiger charge is 2.39. The van der Waals surface area contributed by atoms with Crippen molar-refractivity contribution in [1.29, 1.82) is 0 Å². The molecular weight excluding hydrogens is 138 g/mol. The van der Waals surface area contributed by atoms with Crippen LogP contribution in [0.15, 0.2) is 12.7 Å². The molecule has 0 aromatic rings. The summed E-state index contributed by atoms with van der Waals surface area (Å²) in [6.07, 6.45) is 5.57. The van der Waals surface area contributed by atoms with Crippen LogP contribution in [0.4, 0.5) is 0 Å². The van der Waals surface area contributed by atoms with Crippen molar-refractivity contribution in [1.82, 2.24) is 0 Å². The Morgan fingerprint density at radius 2 is 2.45 bits per heavy atom. The predicted octanol–water partition coefficient (Wildman–Crippen LogP) is 1.05. The van der Waals surface area contributed by atoms with Crippen molar-refractivity contribution >= 4 is 0 Å². The van der Waals surface area contributed by atoms with Gasteiger partial charge in [0.2, 0.25) is 0 Å². The minimum Gasteiger partial charge on any atom is -0.392 e. The highest BCUT2D eigenvalue weighted by Crippen LogP contribution is 2.40. The maximum atomic E-state index is 9.64. The van der Waals surface area contributed by atoms with E-state index in [0.717, 1.165) is 25.7 Å². The van der Waals surface area contributed by atoms with Crippen molar-refractivity contribution in [3.8, 4) is 0 Å². The molecule has 1 fully saturated rings. The summed E-state index contributed by atoms with van der Waals surface area (Å²) in [5.74, 6) is 0. The van der Waals surface area contributed by atoms with Crippen molar-refractivity contribution < 1.29 is 5.11 Å². The molecule has 2 nitrogen and oxygen atoms in total. The van der Waals surface area contributed by atoms with Gasteiger partial charge in [-0.1, -0.05) is 12.5 Å². The molecule has 2 atom stereocenters. The summed E-state index contributed by atoms with van der Waals surface area (Å²) in [7, 11) is 0. The van der Waals surface area contributed by atoms with Gasteiger partial charge in [-0.2, -0.15) is 0 Å². The lowest BCUT2D eigenvalue weighted by Gasteiger charge is -2.29. The van der Waals surface area contributed by atoms with E-state index in [9.17, 15) is 5.11 Å². The summed E-state index contributed by atoms with van der Waals surface area (Å²) in [5, 5.41) is 9.64. The van der Waals surface area contributed by atoms with Crippen molar-refractivity contribution in [3.63, 3.8) is 0 Å². The normalized spacial score (nSPS) is 37.5. The van der Waals surface area contributed by atoms with Crippen LogP contribution < -0.4 is 5.73 Å². The first kappa shape index (κ1) is 8.75. The molecule has 0 amide bonds. The first-order valence-corrected chi connectivity index (χ1v) is 4.24. The SMILES string of the molecule is C=CCC1(CN)CCCC1O. The molecule has 2 unspecified atom stereocenters. The Morgan fingerprint density at radius 1 is 1.73 bits per heavy atom. The van der Waals surface area contributed by atoms with Crippen LogP contribution in [0.5, 0.6) is 0 Å². The molecule has 2 heteroatoms. The lowest BCUT2D eigenvalue weighted by atomic mass is 9.81. The van der Waals surface area contributed by atoms with Gasteiger partial charge in [0.25, 0.3) is 0 Å². The summed E-state index contributed by atoms with van der Waals surface area (Å²) in [6, 6.07) is 0. The number of allylic oxidation sites excluding steroid dienone is 1. The van der Waals surface area contributed by atoms with Crippen molar-refractivity contribution in [2.75, 3.05) is 6.54 Å². The average Bonchev–Trinajstić information content (AvgIpc) is 2.35. The molecule has 1 saturated carbocycles. The Morgan fingerprint density at radius 3 is 2.82 bits per heavy atom. The molecule has 0 aliphatic heterocycles.